The molecule has 0 fully saturated rings. The summed E-state index contributed by atoms with van der Waals surface area (Å²) in [6.45, 7) is -0.378. The van der Waals surface area contributed by atoms with Crippen LogP contribution in [0.2, 0.25) is 0 Å². The molecule has 0 aliphatic heterocycles. The van der Waals surface area contributed by atoms with E-state index >= 15 is 0 Å². The Morgan fingerprint density at radius 1 is 1.22 bits per heavy atom. The molecular formula is C13H11F2NO2. The molecule has 0 aliphatic rings. The minimum atomic E-state index is -0.558. The number of pyridine rings is 1. The molecule has 1 N–H and O–H groups in total. The molecule has 0 amide bonds. The van der Waals surface area contributed by atoms with Gasteiger partial charge in [-0.2, -0.15) is 0 Å². The summed E-state index contributed by atoms with van der Waals surface area (Å²) in [4.78, 5) is 3.72. The summed E-state index contributed by atoms with van der Waals surface area (Å²) in [7, 11) is 1.42. The summed E-state index contributed by atoms with van der Waals surface area (Å²) >= 11 is 0. The molecule has 1 heterocycles. The fourth-order valence-electron chi connectivity index (χ4n) is 1.69. The summed E-state index contributed by atoms with van der Waals surface area (Å²) in [5.74, 6) is -0.791. The lowest BCUT2D eigenvalue weighted by Gasteiger charge is -2.09. The minimum absolute atomic E-state index is 0.214. The lowest BCUT2D eigenvalue weighted by atomic mass is 10.0. The van der Waals surface area contributed by atoms with Gasteiger partial charge in [-0.05, 0) is 23.3 Å². The first kappa shape index (κ1) is 12.4. The number of benzene rings is 1. The van der Waals surface area contributed by atoms with E-state index in [2.05, 4.69) is 4.98 Å². The molecule has 94 valence electrons. The van der Waals surface area contributed by atoms with Crippen LogP contribution in [-0.2, 0) is 6.61 Å². The van der Waals surface area contributed by atoms with Gasteiger partial charge in [0.05, 0.1) is 19.9 Å². The molecular weight excluding hydrogens is 240 g/mol. The van der Waals surface area contributed by atoms with Crippen LogP contribution in [0.1, 0.15) is 5.56 Å². The number of aliphatic hydroxyl groups excluding tert-OH is 1. The van der Waals surface area contributed by atoms with Crippen molar-refractivity contribution >= 4 is 0 Å². The molecule has 2 rings (SSSR count). The molecule has 5 heteroatoms. The molecule has 3 nitrogen and oxygen atoms in total. The third-order valence-corrected chi connectivity index (χ3v) is 2.57. The van der Waals surface area contributed by atoms with E-state index in [9.17, 15) is 13.9 Å². The Bertz CT molecular complexity index is 573. The van der Waals surface area contributed by atoms with Gasteiger partial charge in [-0.3, -0.25) is 0 Å². The van der Waals surface area contributed by atoms with Gasteiger partial charge in [0.15, 0.2) is 0 Å². The highest BCUT2D eigenvalue weighted by atomic mass is 19.1. The van der Waals surface area contributed by atoms with Crippen molar-refractivity contribution < 1.29 is 18.6 Å². The Kier molecular flexibility index (Phi) is 3.53. The van der Waals surface area contributed by atoms with Crippen molar-refractivity contribution in [1.29, 1.82) is 0 Å². The fraction of sp³-hybridized carbons (Fsp3) is 0.154. The standard InChI is InChI=1S/C13H11F2NO2/c1-18-13-5-11(12(15)6-16-13)10-3-2-9(14)4-8(10)7-17/h2-6,17H,7H2,1H3. The molecule has 2 aromatic rings. The first-order valence-corrected chi connectivity index (χ1v) is 5.25. The number of hydrogen-bond donors (Lipinski definition) is 1. The predicted octanol–water partition coefficient (Wildman–Crippen LogP) is 2.53. The Morgan fingerprint density at radius 2 is 2.00 bits per heavy atom. The zero-order valence-electron chi connectivity index (χ0n) is 9.65. The number of nitrogens with zero attached hydrogens (tertiary/aromatic N) is 1. The summed E-state index contributed by atoms with van der Waals surface area (Å²) < 4.78 is 31.7. The zero-order chi connectivity index (χ0) is 13.1. The minimum Gasteiger partial charge on any atom is -0.481 e. The van der Waals surface area contributed by atoms with E-state index < -0.39 is 11.6 Å². The van der Waals surface area contributed by atoms with Gasteiger partial charge < -0.3 is 9.84 Å². The van der Waals surface area contributed by atoms with Crippen LogP contribution in [0.4, 0.5) is 8.78 Å². The number of aliphatic hydroxyl groups is 1. The van der Waals surface area contributed by atoms with E-state index in [1.54, 1.807) is 0 Å². The molecule has 18 heavy (non-hydrogen) atoms. The van der Waals surface area contributed by atoms with Gasteiger partial charge in [-0.1, -0.05) is 6.07 Å². The average Bonchev–Trinajstić information content (AvgIpc) is 2.39. The monoisotopic (exact) mass is 251 g/mol. The summed E-state index contributed by atoms with van der Waals surface area (Å²) in [5.41, 5.74) is 0.935. The Morgan fingerprint density at radius 3 is 2.67 bits per heavy atom. The van der Waals surface area contributed by atoms with Crippen molar-refractivity contribution in [2.24, 2.45) is 0 Å². The molecule has 0 atom stereocenters. The Balaban J connectivity index is 2.60. The third-order valence-electron chi connectivity index (χ3n) is 2.57. The van der Waals surface area contributed by atoms with Crippen LogP contribution in [-0.4, -0.2) is 17.2 Å². The molecule has 1 aromatic heterocycles. The number of methoxy groups -OCH3 is 1. The summed E-state index contributed by atoms with van der Waals surface area (Å²) in [6, 6.07) is 5.20. The van der Waals surface area contributed by atoms with E-state index in [1.807, 2.05) is 0 Å². The lowest BCUT2D eigenvalue weighted by molar-refractivity contribution is 0.281. The highest BCUT2D eigenvalue weighted by Gasteiger charge is 2.12. The van der Waals surface area contributed by atoms with E-state index in [0.29, 0.717) is 11.1 Å². The second kappa shape index (κ2) is 5.10. The van der Waals surface area contributed by atoms with Crippen molar-refractivity contribution in [2.45, 2.75) is 6.61 Å². The molecule has 0 saturated carbocycles. The molecule has 0 aliphatic carbocycles. The largest absolute Gasteiger partial charge is 0.481 e. The normalized spacial score (nSPS) is 10.4. The maximum absolute atomic E-state index is 13.7. The van der Waals surface area contributed by atoms with Crippen LogP contribution in [0.3, 0.4) is 0 Å². The van der Waals surface area contributed by atoms with Gasteiger partial charge in [-0.25, -0.2) is 13.8 Å². The third kappa shape index (κ3) is 2.31. The quantitative estimate of drug-likeness (QED) is 0.911. The number of aromatic nitrogens is 1. The number of hydrogen-bond acceptors (Lipinski definition) is 3. The fourth-order valence-corrected chi connectivity index (χ4v) is 1.69. The van der Waals surface area contributed by atoms with Crippen molar-refractivity contribution in [1.82, 2.24) is 4.98 Å². The van der Waals surface area contributed by atoms with E-state index in [-0.39, 0.29) is 18.1 Å². The average molecular weight is 251 g/mol. The van der Waals surface area contributed by atoms with Crippen molar-refractivity contribution in [3.63, 3.8) is 0 Å². The second-order valence-electron chi connectivity index (χ2n) is 3.67. The van der Waals surface area contributed by atoms with Crippen LogP contribution in [0, 0.1) is 11.6 Å². The van der Waals surface area contributed by atoms with E-state index in [4.69, 9.17) is 4.74 Å². The molecule has 0 spiro atoms. The highest BCUT2D eigenvalue weighted by molar-refractivity contribution is 5.68. The molecule has 0 unspecified atom stereocenters. The topological polar surface area (TPSA) is 42.4 Å². The molecule has 0 bridgehead atoms. The van der Waals surface area contributed by atoms with Crippen LogP contribution >= 0.6 is 0 Å². The van der Waals surface area contributed by atoms with Crippen LogP contribution in [0.15, 0.2) is 30.5 Å². The highest BCUT2D eigenvalue weighted by Crippen LogP contribution is 2.29. The Labute approximate surface area is 103 Å². The summed E-state index contributed by atoms with van der Waals surface area (Å²) in [6.07, 6.45) is 1.03. The van der Waals surface area contributed by atoms with Gasteiger partial charge >= 0.3 is 0 Å². The first-order valence-electron chi connectivity index (χ1n) is 5.25. The van der Waals surface area contributed by atoms with Gasteiger partial charge in [0.1, 0.15) is 11.6 Å². The maximum atomic E-state index is 13.7. The molecule has 0 radical (unpaired) electrons. The number of ether oxygens (including phenoxy) is 1. The van der Waals surface area contributed by atoms with Crippen LogP contribution in [0.25, 0.3) is 11.1 Å². The van der Waals surface area contributed by atoms with Crippen molar-refractivity contribution in [2.75, 3.05) is 7.11 Å². The SMILES string of the molecule is COc1cc(-c2ccc(F)cc2CO)c(F)cn1. The van der Waals surface area contributed by atoms with Gasteiger partial charge in [0, 0.05) is 11.6 Å². The summed E-state index contributed by atoms with van der Waals surface area (Å²) in [5, 5.41) is 9.19. The van der Waals surface area contributed by atoms with Crippen molar-refractivity contribution in [3.05, 3.63) is 47.7 Å². The first-order chi connectivity index (χ1) is 8.65. The van der Waals surface area contributed by atoms with Gasteiger partial charge in [0.2, 0.25) is 5.88 Å². The van der Waals surface area contributed by atoms with Gasteiger partial charge in [0.25, 0.3) is 0 Å². The predicted molar refractivity (Wildman–Crippen MR) is 62.1 cm³/mol. The van der Waals surface area contributed by atoms with E-state index in [0.717, 1.165) is 6.20 Å². The smallest absolute Gasteiger partial charge is 0.213 e. The Hall–Kier alpha value is -2.01. The maximum Gasteiger partial charge on any atom is 0.213 e. The second-order valence-corrected chi connectivity index (χ2v) is 3.67. The lowest BCUT2D eigenvalue weighted by Crippen LogP contribution is -1.96. The van der Waals surface area contributed by atoms with Crippen LogP contribution < -0.4 is 4.74 Å². The van der Waals surface area contributed by atoms with E-state index in [1.165, 1.54) is 31.4 Å². The zero-order valence-corrected chi connectivity index (χ0v) is 9.65. The van der Waals surface area contributed by atoms with Crippen LogP contribution in [0.5, 0.6) is 5.88 Å². The molecule has 0 saturated heterocycles. The van der Waals surface area contributed by atoms with Gasteiger partial charge in [-0.15, -0.1) is 0 Å². The number of halogens is 2. The van der Waals surface area contributed by atoms with Crippen molar-refractivity contribution in [3.8, 4) is 17.0 Å². The number of rotatable bonds is 3. The molecule has 1 aromatic carbocycles.